The van der Waals surface area contributed by atoms with E-state index in [1.807, 2.05) is 28.8 Å². The number of rotatable bonds is 3. The maximum Gasteiger partial charge on any atom is 0.140 e. The molecule has 2 aromatic carbocycles. The van der Waals surface area contributed by atoms with Gasteiger partial charge in [-0.2, -0.15) is 0 Å². The molecule has 0 amide bonds. The molecule has 1 heterocycles. The van der Waals surface area contributed by atoms with Gasteiger partial charge in [0.2, 0.25) is 0 Å². The molecule has 0 aliphatic carbocycles. The third-order valence-corrected chi connectivity index (χ3v) is 3.81. The van der Waals surface area contributed by atoms with Gasteiger partial charge in [-0.25, -0.2) is 13.8 Å². The van der Waals surface area contributed by atoms with E-state index in [2.05, 4.69) is 27.6 Å². The summed E-state index contributed by atoms with van der Waals surface area (Å²) in [6.07, 6.45) is 3.49. The zero-order chi connectivity index (χ0) is 14.8. The summed E-state index contributed by atoms with van der Waals surface area (Å²) < 4.78 is 29.5. The molecule has 1 aromatic heterocycles. The van der Waals surface area contributed by atoms with Gasteiger partial charge in [0.25, 0.3) is 0 Å². The summed E-state index contributed by atoms with van der Waals surface area (Å²) in [5, 5.41) is 0. The van der Waals surface area contributed by atoms with E-state index in [4.69, 9.17) is 0 Å². The van der Waals surface area contributed by atoms with Crippen molar-refractivity contribution in [3.63, 3.8) is 0 Å². The standard InChI is InChI=1S/C16H11F2IN2/c17-13-7-11(8-14(18)9-13)10-21-6-5-20-16(21)12-1-3-15(19)4-2-12/h1-9H,10H2. The van der Waals surface area contributed by atoms with Gasteiger partial charge in [-0.15, -0.1) is 0 Å². The van der Waals surface area contributed by atoms with Crippen LogP contribution >= 0.6 is 22.6 Å². The van der Waals surface area contributed by atoms with Crippen molar-refractivity contribution in [2.75, 3.05) is 0 Å². The molecule has 5 heteroatoms. The molecule has 106 valence electrons. The monoisotopic (exact) mass is 396 g/mol. The van der Waals surface area contributed by atoms with Gasteiger partial charge in [-0.05, 0) is 52.4 Å². The molecule has 21 heavy (non-hydrogen) atoms. The van der Waals surface area contributed by atoms with E-state index < -0.39 is 11.6 Å². The first-order valence-electron chi connectivity index (χ1n) is 6.34. The van der Waals surface area contributed by atoms with Crippen molar-refractivity contribution >= 4 is 22.6 Å². The Hall–Kier alpha value is -1.76. The van der Waals surface area contributed by atoms with Crippen molar-refractivity contribution in [2.45, 2.75) is 6.54 Å². The van der Waals surface area contributed by atoms with Crippen LogP contribution in [0.25, 0.3) is 11.4 Å². The van der Waals surface area contributed by atoms with E-state index in [9.17, 15) is 8.78 Å². The normalized spacial score (nSPS) is 10.8. The molecule has 0 fully saturated rings. The van der Waals surface area contributed by atoms with Gasteiger partial charge in [0.15, 0.2) is 0 Å². The molecule has 0 aliphatic heterocycles. The predicted molar refractivity (Wildman–Crippen MR) is 85.8 cm³/mol. The second-order valence-corrected chi connectivity index (χ2v) is 5.91. The molecule has 0 unspecified atom stereocenters. The average Bonchev–Trinajstić information content (AvgIpc) is 2.86. The van der Waals surface area contributed by atoms with Crippen LogP contribution < -0.4 is 0 Å². The van der Waals surface area contributed by atoms with Crippen molar-refractivity contribution in [1.29, 1.82) is 0 Å². The summed E-state index contributed by atoms with van der Waals surface area (Å²) in [5.41, 5.74) is 1.54. The average molecular weight is 396 g/mol. The molecule has 3 aromatic rings. The Bertz CT molecular complexity index is 746. The van der Waals surface area contributed by atoms with Gasteiger partial charge < -0.3 is 4.57 Å². The maximum atomic E-state index is 13.3. The first kappa shape index (κ1) is 14.2. The minimum atomic E-state index is -0.569. The maximum absolute atomic E-state index is 13.3. The highest BCUT2D eigenvalue weighted by Gasteiger charge is 2.08. The smallest absolute Gasteiger partial charge is 0.140 e. The zero-order valence-electron chi connectivity index (χ0n) is 10.9. The lowest BCUT2D eigenvalue weighted by Gasteiger charge is -2.09. The molecule has 2 nitrogen and oxygen atoms in total. The molecule has 0 bridgehead atoms. The van der Waals surface area contributed by atoms with Crippen molar-refractivity contribution in [3.05, 3.63) is 75.6 Å². The molecule has 0 aliphatic rings. The summed E-state index contributed by atoms with van der Waals surface area (Å²) in [4.78, 5) is 4.33. The van der Waals surface area contributed by atoms with Gasteiger partial charge >= 0.3 is 0 Å². The first-order chi connectivity index (χ1) is 10.1. The van der Waals surface area contributed by atoms with E-state index in [0.717, 1.165) is 21.0 Å². The third-order valence-electron chi connectivity index (χ3n) is 3.09. The molecule has 0 spiro atoms. The van der Waals surface area contributed by atoms with Gasteiger partial charge in [-0.3, -0.25) is 0 Å². The Kier molecular flexibility index (Phi) is 4.01. The van der Waals surface area contributed by atoms with Crippen molar-refractivity contribution in [1.82, 2.24) is 9.55 Å². The molecule has 0 atom stereocenters. The number of benzene rings is 2. The van der Waals surface area contributed by atoms with E-state index in [1.54, 1.807) is 12.4 Å². The topological polar surface area (TPSA) is 17.8 Å². The molecule has 0 saturated heterocycles. The summed E-state index contributed by atoms with van der Waals surface area (Å²) in [6, 6.07) is 11.5. The highest BCUT2D eigenvalue weighted by atomic mass is 127. The minimum Gasteiger partial charge on any atom is -0.327 e. The molecule has 0 N–H and O–H groups in total. The second kappa shape index (κ2) is 5.93. The molecule has 0 saturated carbocycles. The summed E-state index contributed by atoms with van der Waals surface area (Å²) in [7, 11) is 0. The number of hydrogen-bond donors (Lipinski definition) is 0. The van der Waals surface area contributed by atoms with Gasteiger partial charge in [-0.1, -0.05) is 12.1 Å². The largest absolute Gasteiger partial charge is 0.327 e. The number of imidazole rings is 1. The fourth-order valence-electron chi connectivity index (χ4n) is 2.20. The highest BCUT2D eigenvalue weighted by molar-refractivity contribution is 14.1. The lowest BCUT2D eigenvalue weighted by Crippen LogP contribution is -2.02. The Labute approximate surface area is 134 Å². The number of aromatic nitrogens is 2. The number of nitrogens with zero attached hydrogens (tertiary/aromatic N) is 2. The van der Waals surface area contributed by atoms with Crippen LogP contribution in [0.1, 0.15) is 5.56 Å². The van der Waals surface area contributed by atoms with E-state index in [0.29, 0.717) is 12.1 Å². The summed E-state index contributed by atoms with van der Waals surface area (Å²) in [5.74, 6) is -0.363. The minimum absolute atomic E-state index is 0.371. The fraction of sp³-hybridized carbons (Fsp3) is 0.0625. The van der Waals surface area contributed by atoms with Gasteiger partial charge in [0, 0.05) is 34.1 Å². The lowest BCUT2D eigenvalue weighted by molar-refractivity contribution is 0.577. The van der Waals surface area contributed by atoms with Crippen LogP contribution in [0.15, 0.2) is 54.9 Å². The van der Waals surface area contributed by atoms with Crippen LogP contribution in [0, 0.1) is 15.2 Å². The summed E-state index contributed by atoms with van der Waals surface area (Å²) >= 11 is 2.24. The SMILES string of the molecule is Fc1cc(F)cc(Cn2ccnc2-c2ccc(I)cc2)c1. The number of hydrogen-bond acceptors (Lipinski definition) is 1. The highest BCUT2D eigenvalue weighted by Crippen LogP contribution is 2.20. The quantitative estimate of drug-likeness (QED) is 0.597. The van der Waals surface area contributed by atoms with Crippen molar-refractivity contribution < 1.29 is 8.78 Å². The van der Waals surface area contributed by atoms with Crippen LogP contribution in [0.3, 0.4) is 0 Å². The summed E-state index contributed by atoms with van der Waals surface area (Å²) in [6.45, 7) is 0.371. The van der Waals surface area contributed by atoms with Crippen LogP contribution in [0.2, 0.25) is 0 Å². The van der Waals surface area contributed by atoms with Gasteiger partial charge in [0.1, 0.15) is 17.5 Å². The lowest BCUT2D eigenvalue weighted by atomic mass is 10.2. The zero-order valence-corrected chi connectivity index (χ0v) is 13.1. The Balaban J connectivity index is 1.94. The fourth-order valence-corrected chi connectivity index (χ4v) is 2.55. The van der Waals surface area contributed by atoms with Crippen LogP contribution in [0.4, 0.5) is 8.78 Å². The molecular weight excluding hydrogens is 385 g/mol. The van der Waals surface area contributed by atoms with Crippen LogP contribution in [0.5, 0.6) is 0 Å². The molecule has 0 radical (unpaired) electrons. The molecule has 3 rings (SSSR count). The Morgan fingerprint density at radius 3 is 2.33 bits per heavy atom. The van der Waals surface area contributed by atoms with Crippen LogP contribution in [-0.4, -0.2) is 9.55 Å². The number of halogens is 3. The Morgan fingerprint density at radius 1 is 1.00 bits per heavy atom. The molecular formula is C16H11F2IN2. The first-order valence-corrected chi connectivity index (χ1v) is 7.42. The van der Waals surface area contributed by atoms with Crippen LogP contribution in [-0.2, 0) is 6.54 Å². The van der Waals surface area contributed by atoms with Crippen molar-refractivity contribution in [3.8, 4) is 11.4 Å². The van der Waals surface area contributed by atoms with E-state index in [-0.39, 0.29) is 0 Å². The van der Waals surface area contributed by atoms with Gasteiger partial charge in [0.05, 0.1) is 0 Å². The van der Waals surface area contributed by atoms with E-state index in [1.165, 1.54) is 12.1 Å². The third kappa shape index (κ3) is 3.29. The predicted octanol–water partition coefficient (Wildman–Crippen LogP) is 4.48. The van der Waals surface area contributed by atoms with Crippen molar-refractivity contribution in [2.24, 2.45) is 0 Å². The van der Waals surface area contributed by atoms with E-state index >= 15 is 0 Å². The Morgan fingerprint density at radius 2 is 1.67 bits per heavy atom. The second-order valence-electron chi connectivity index (χ2n) is 4.66.